The van der Waals surface area contributed by atoms with E-state index < -0.39 is 0 Å². The number of aryl methyl sites for hydroxylation is 1. The smallest absolute Gasteiger partial charge is 0.254 e. The molecule has 1 aliphatic carbocycles. The average molecular weight is 246 g/mol. The lowest BCUT2D eigenvalue weighted by molar-refractivity contribution is -0.119. The summed E-state index contributed by atoms with van der Waals surface area (Å²) in [5.74, 6) is 1.25. The van der Waals surface area contributed by atoms with Crippen molar-refractivity contribution in [2.75, 3.05) is 11.9 Å². The molecule has 0 aliphatic heterocycles. The lowest BCUT2D eigenvalue weighted by atomic mass is 10.4. The van der Waals surface area contributed by atoms with E-state index in [0.29, 0.717) is 11.8 Å². The molecule has 0 aromatic carbocycles. The van der Waals surface area contributed by atoms with Crippen LogP contribution in [0.4, 0.5) is 5.82 Å². The highest BCUT2D eigenvalue weighted by atomic mass is 16.2. The van der Waals surface area contributed by atoms with Crippen molar-refractivity contribution in [1.82, 2.24) is 24.9 Å². The van der Waals surface area contributed by atoms with Crippen LogP contribution in [0.1, 0.15) is 18.5 Å². The lowest BCUT2D eigenvalue weighted by Gasteiger charge is -2.08. The number of nitrogens with zero attached hydrogens (tertiary/aromatic N) is 4. The molecule has 1 saturated carbocycles. The van der Waals surface area contributed by atoms with Crippen molar-refractivity contribution in [2.24, 2.45) is 0 Å². The highest BCUT2D eigenvalue weighted by molar-refractivity contribution is 5.81. The third kappa shape index (κ3) is 2.24. The molecule has 7 nitrogen and oxygen atoms in total. The molecule has 2 aromatic rings. The molecular weight excluding hydrogens is 232 g/mol. The molecule has 7 heteroatoms. The minimum atomic E-state index is 0.000214. The molecule has 3 rings (SSSR count). The molecule has 2 heterocycles. The molecule has 2 aromatic heterocycles. The van der Waals surface area contributed by atoms with E-state index in [4.69, 9.17) is 0 Å². The summed E-state index contributed by atoms with van der Waals surface area (Å²) in [4.78, 5) is 19.8. The quantitative estimate of drug-likeness (QED) is 0.800. The molecule has 0 radical (unpaired) electrons. The SMILES string of the molecule is Cc1cc(NCC(=O)NC2CC2)n2ncnc2n1. The molecule has 94 valence electrons. The minimum Gasteiger partial charge on any atom is -0.361 e. The summed E-state index contributed by atoms with van der Waals surface area (Å²) >= 11 is 0. The molecular formula is C11H14N6O. The molecule has 18 heavy (non-hydrogen) atoms. The van der Waals surface area contributed by atoms with Gasteiger partial charge in [0.25, 0.3) is 5.78 Å². The fourth-order valence-corrected chi connectivity index (χ4v) is 1.73. The van der Waals surface area contributed by atoms with Crippen LogP contribution in [0, 0.1) is 6.92 Å². The Morgan fingerprint density at radius 3 is 3.17 bits per heavy atom. The van der Waals surface area contributed by atoms with E-state index in [1.807, 2.05) is 13.0 Å². The molecule has 1 amide bonds. The molecule has 2 N–H and O–H groups in total. The van der Waals surface area contributed by atoms with E-state index >= 15 is 0 Å². The van der Waals surface area contributed by atoms with Gasteiger partial charge in [0.15, 0.2) is 0 Å². The second kappa shape index (κ2) is 4.25. The Balaban J connectivity index is 1.72. The van der Waals surface area contributed by atoms with Gasteiger partial charge in [0.2, 0.25) is 5.91 Å². The Kier molecular flexibility index (Phi) is 2.58. The molecule has 0 unspecified atom stereocenters. The molecule has 0 spiro atoms. The summed E-state index contributed by atoms with van der Waals surface area (Å²) in [6, 6.07) is 2.22. The first-order valence-electron chi connectivity index (χ1n) is 5.93. The van der Waals surface area contributed by atoms with E-state index in [0.717, 1.165) is 24.4 Å². The van der Waals surface area contributed by atoms with Crippen LogP contribution in [-0.4, -0.2) is 38.1 Å². The maximum atomic E-state index is 11.6. The zero-order chi connectivity index (χ0) is 12.5. The normalized spacial score (nSPS) is 14.7. The van der Waals surface area contributed by atoms with Crippen LogP contribution in [0.5, 0.6) is 0 Å². The van der Waals surface area contributed by atoms with Crippen LogP contribution in [0.3, 0.4) is 0 Å². The van der Waals surface area contributed by atoms with Crippen molar-refractivity contribution in [3.8, 4) is 0 Å². The Morgan fingerprint density at radius 2 is 2.39 bits per heavy atom. The number of fused-ring (bicyclic) bond motifs is 1. The number of amides is 1. The van der Waals surface area contributed by atoms with Gasteiger partial charge in [-0.25, -0.2) is 4.98 Å². The van der Waals surface area contributed by atoms with Crippen LogP contribution in [0.25, 0.3) is 5.78 Å². The zero-order valence-electron chi connectivity index (χ0n) is 10.1. The fourth-order valence-electron chi connectivity index (χ4n) is 1.73. The number of carbonyl (C=O) groups is 1. The van der Waals surface area contributed by atoms with Gasteiger partial charge in [-0.1, -0.05) is 0 Å². The topological polar surface area (TPSA) is 84.2 Å². The number of aromatic nitrogens is 4. The van der Waals surface area contributed by atoms with Crippen molar-refractivity contribution >= 4 is 17.5 Å². The number of carbonyl (C=O) groups excluding carboxylic acids is 1. The fraction of sp³-hybridized carbons (Fsp3) is 0.455. The zero-order valence-corrected chi connectivity index (χ0v) is 10.1. The average Bonchev–Trinajstić information content (AvgIpc) is 3.01. The summed E-state index contributed by atoms with van der Waals surface area (Å²) in [6.45, 7) is 2.11. The number of anilines is 1. The molecule has 0 atom stereocenters. The van der Waals surface area contributed by atoms with Gasteiger partial charge in [-0.2, -0.15) is 14.6 Å². The van der Waals surface area contributed by atoms with Gasteiger partial charge in [-0.3, -0.25) is 4.79 Å². The number of rotatable bonds is 4. The number of hydrogen-bond acceptors (Lipinski definition) is 5. The Bertz CT molecular complexity index is 588. The van der Waals surface area contributed by atoms with Gasteiger partial charge < -0.3 is 10.6 Å². The summed E-state index contributed by atoms with van der Waals surface area (Å²) in [5.41, 5.74) is 0.834. The first-order chi connectivity index (χ1) is 8.72. The van der Waals surface area contributed by atoms with E-state index in [1.165, 1.54) is 6.33 Å². The molecule has 0 saturated heterocycles. The summed E-state index contributed by atoms with van der Waals surface area (Å²) in [7, 11) is 0. The maximum Gasteiger partial charge on any atom is 0.254 e. The van der Waals surface area contributed by atoms with E-state index in [2.05, 4.69) is 25.7 Å². The van der Waals surface area contributed by atoms with E-state index in [9.17, 15) is 4.79 Å². The van der Waals surface area contributed by atoms with Crippen molar-refractivity contribution in [3.63, 3.8) is 0 Å². The molecule has 1 aliphatic rings. The van der Waals surface area contributed by atoms with Crippen molar-refractivity contribution in [1.29, 1.82) is 0 Å². The maximum absolute atomic E-state index is 11.6. The van der Waals surface area contributed by atoms with Gasteiger partial charge in [-0.15, -0.1) is 0 Å². The highest BCUT2D eigenvalue weighted by Gasteiger charge is 2.22. The van der Waals surface area contributed by atoms with Gasteiger partial charge in [0.1, 0.15) is 12.1 Å². The van der Waals surface area contributed by atoms with Crippen LogP contribution < -0.4 is 10.6 Å². The van der Waals surface area contributed by atoms with Crippen molar-refractivity contribution < 1.29 is 4.79 Å². The van der Waals surface area contributed by atoms with E-state index in [1.54, 1.807) is 4.52 Å². The number of hydrogen-bond donors (Lipinski definition) is 2. The van der Waals surface area contributed by atoms with Gasteiger partial charge in [-0.05, 0) is 19.8 Å². The van der Waals surface area contributed by atoms with Crippen molar-refractivity contribution in [2.45, 2.75) is 25.8 Å². The first kappa shape index (κ1) is 10.9. The van der Waals surface area contributed by atoms with E-state index in [-0.39, 0.29) is 12.5 Å². The molecule has 1 fully saturated rings. The van der Waals surface area contributed by atoms with Crippen LogP contribution in [-0.2, 0) is 4.79 Å². The monoisotopic (exact) mass is 246 g/mol. The predicted octanol–water partition coefficient (Wildman–Crippen LogP) is 0.123. The summed E-state index contributed by atoms with van der Waals surface area (Å²) in [5, 5.41) is 10.0. The lowest BCUT2D eigenvalue weighted by Crippen LogP contribution is -2.31. The second-order valence-corrected chi connectivity index (χ2v) is 4.45. The third-order valence-electron chi connectivity index (χ3n) is 2.75. The standard InChI is InChI=1S/C11H14N6O/c1-7-4-9(17-11(15-7)13-6-14-17)12-5-10(18)16-8-2-3-8/h4,6,8,12H,2-3,5H2,1H3,(H,16,18). The Morgan fingerprint density at radius 1 is 1.56 bits per heavy atom. The number of nitrogens with one attached hydrogen (secondary N) is 2. The van der Waals surface area contributed by atoms with Crippen LogP contribution >= 0.6 is 0 Å². The first-order valence-corrected chi connectivity index (χ1v) is 5.93. The second-order valence-electron chi connectivity index (χ2n) is 4.45. The summed E-state index contributed by atoms with van der Waals surface area (Å²) in [6.07, 6.45) is 3.62. The molecule has 0 bridgehead atoms. The Labute approximate surface area is 104 Å². The van der Waals surface area contributed by atoms with Crippen LogP contribution in [0.2, 0.25) is 0 Å². The summed E-state index contributed by atoms with van der Waals surface area (Å²) < 4.78 is 1.58. The van der Waals surface area contributed by atoms with Gasteiger partial charge >= 0.3 is 0 Å². The third-order valence-corrected chi connectivity index (χ3v) is 2.75. The van der Waals surface area contributed by atoms with Crippen molar-refractivity contribution in [3.05, 3.63) is 18.1 Å². The van der Waals surface area contributed by atoms with Gasteiger partial charge in [0, 0.05) is 17.8 Å². The van der Waals surface area contributed by atoms with Gasteiger partial charge in [0.05, 0.1) is 6.54 Å². The largest absolute Gasteiger partial charge is 0.361 e. The highest BCUT2D eigenvalue weighted by Crippen LogP contribution is 2.18. The van der Waals surface area contributed by atoms with Crippen LogP contribution in [0.15, 0.2) is 12.4 Å². The predicted molar refractivity (Wildman–Crippen MR) is 65.2 cm³/mol. The minimum absolute atomic E-state index is 0.000214. The Hall–Kier alpha value is -2.18.